The molecule has 7 nitrogen and oxygen atoms in total. The van der Waals surface area contributed by atoms with Crippen LogP contribution in [0, 0.1) is 6.92 Å². The molecule has 3 heterocycles. The second-order valence-electron chi connectivity index (χ2n) is 8.23. The number of aromatic nitrogens is 1. The van der Waals surface area contributed by atoms with E-state index in [0.717, 1.165) is 40.7 Å². The van der Waals surface area contributed by atoms with Crippen LogP contribution in [0.25, 0.3) is 10.9 Å². The number of hydrogen-bond acceptors (Lipinski definition) is 6. The van der Waals surface area contributed by atoms with Crippen molar-refractivity contribution in [1.29, 1.82) is 0 Å². The third-order valence-corrected chi connectivity index (χ3v) is 7.86. The van der Waals surface area contributed by atoms with E-state index in [1.165, 1.54) is 0 Å². The van der Waals surface area contributed by atoms with Gasteiger partial charge in [0.1, 0.15) is 5.82 Å². The van der Waals surface area contributed by atoms with Crippen molar-refractivity contribution in [2.75, 3.05) is 29.1 Å². The first-order chi connectivity index (χ1) is 14.9. The van der Waals surface area contributed by atoms with E-state index in [-0.39, 0.29) is 17.7 Å². The van der Waals surface area contributed by atoms with E-state index in [2.05, 4.69) is 15.5 Å². The molecule has 0 bridgehead atoms. The summed E-state index contributed by atoms with van der Waals surface area (Å²) in [7, 11) is -2.85. The number of amides is 1. The van der Waals surface area contributed by atoms with Crippen LogP contribution >= 0.6 is 10.6 Å². The van der Waals surface area contributed by atoms with Gasteiger partial charge in [-0.15, -0.1) is 0 Å². The van der Waals surface area contributed by atoms with E-state index in [1.54, 1.807) is 6.07 Å². The molecule has 1 aromatic heterocycles. The predicted octanol–water partition coefficient (Wildman–Crippen LogP) is 3.97. The quantitative estimate of drug-likeness (QED) is 0.494. The van der Waals surface area contributed by atoms with E-state index in [4.69, 9.17) is 4.98 Å². The molecule has 3 aromatic rings. The summed E-state index contributed by atoms with van der Waals surface area (Å²) >= 11 is 0. The third-order valence-electron chi connectivity index (χ3n) is 6.00. The fourth-order valence-corrected chi connectivity index (χ4v) is 5.65. The van der Waals surface area contributed by atoms with Gasteiger partial charge in [-0.2, -0.15) is 10.6 Å². The summed E-state index contributed by atoms with van der Waals surface area (Å²) in [6.45, 7) is 3.86. The maximum Gasteiger partial charge on any atom is 0.241 e. The molecule has 0 radical (unpaired) electrons. The normalized spacial score (nSPS) is 21.0. The molecule has 2 aromatic carbocycles. The molecule has 1 unspecified atom stereocenters. The lowest BCUT2D eigenvalue weighted by Gasteiger charge is -2.32. The molecule has 1 saturated heterocycles. The zero-order valence-corrected chi connectivity index (χ0v) is 18.2. The van der Waals surface area contributed by atoms with Crippen LogP contribution in [0.3, 0.4) is 0 Å². The molecule has 1 fully saturated rings. The minimum absolute atomic E-state index is 0.0402. The van der Waals surface area contributed by atoms with Crippen LogP contribution in [-0.2, 0) is 11.3 Å². The minimum Gasteiger partial charge on any atom is -0.351 e. The number of hydrogen-bond donors (Lipinski definition) is 4. The van der Waals surface area contributed by atoms with Gasteiger partial charge in [-0.05, 0) is 43.7 Å². The Morgan fingerprint density at radius 3 is 2.81 bits per heavy atom. The summed E-state index contributed by atoms with van der Waals surface area (Å²) in [6.07, 6.45) is 0.835. The number of carbonyl (C=O) groups is 1. The first kappa shape index (κ1) is 20.3. The monoisotopic (exact) mass is 438 g/mol. The fraction of sp³-hybridized carbons (Fsp3) is 0.304. The Morgan fingerprint density at radius 1 is 1.23 bits per heavy atom. The second kappa shape index (κ2) is 7.80. The van der Waals surface area contributed by atoms with Crippen molar-refractivity contribution in [3.05, 3.63) is 59.7 Å². The number of carbonyl (C=O) groups excluding carboxylic acids is 1. The summed E-state index contributed by atoms with van der Waals surface area (Å²) in [6, 6.07) is 15.2. The number of fused-ring (bicyclic) bond motifs is 2. The minimum atomic E-state index is -2.85. The number of anilines is 2. The maximum absolute atomic E-state index is 12.6. The lowest BCUT2D eigenvalue weighted by atomic mass is 10.1. The highest BCUT2D eigenvalue weighted by Gasteiger charge is 2.28. The standard InChI is InChI=1S/C23H26N4O3S/c1-15-6-7-18-17(12-15)20(26-23(28)19-8-9-24-19)13-22(25-18)27-10-11-31(29,30)21-5-3-2-4-16(21)14-27/h2-7,12-13,19,24,29-30H,8-11,14H2,1H3,(H,25,26,28). The summed E-state index contributed by atoms with van der Waals surface area (Å²) in [5, 5.41) is 7.12. The van der Waals surface area contributed by atoms with Gasteiger partial charge in [0.25, 0.3) is 0 Å². The van der Waals surface area contributed by atoms with Crippen molar-refractivity contribution in [1.82, 2.24) is 10.3 Å². The van der Waals surface area contributed by atoms with Gasteiger partial charge in [0.05, 0.1) is 27.9 Å². The highest BCUT2D eigenvalue weighted by molar-refractivity contribution is 8.24. The topological polar surface area (TPSA) is 97.7 Å². The van der Waals surface area contributed by atoms with Crippen LogP contribution in [0.2, 0.25) is 0 Å². The van der Waals surface area contributed by atoms with E-state index in [0.29, 0.717) is 23.8 Å². The molecule has 162 valence electrons. The van der Waals surface area contributed by atoms with Crippen molar-refractivity contribution >= 4 is 38.9 Å². The lowest BCUT2D eigenvalue weighted by molar-refractivity contribution is -0.119. The number of nitrogens with zero attached hydrogens (tertiary/aromatic N) is 2. The number of rotatable bonds is 3. The van der Waals surface area contributed by atoms with Gasteiger partial charge in [0, 0.05) is 24.5 Å². The molecule has 8 heteroatoms. The Labute approximate surface area is 182 Å². The molecule has 2 aliphatic rings. The highest BCUT2D eigenvalue weighted by atomic mass is 32.3. The van der Waals surface area contributed by atoms with Gasteiger partial charge in [-0.1, -0.05) is 29.8 Å². The van der Waals surface area contributed by atoms with E-state index in [1.807, 2.05) is 49.4 Å². The number of benzene rings is 2. The van der Waals surface area contributed by atoms with Crippen molar-refractivity contribution in [3.8, 4) is 0 Å². The van der Waals surface area contributed by atoms with Crippen LogP contribution in [-0.4, -0.2) is 44.9 Å². The van der Waals surface area contributed by atoms with Crippen LogP contribution in [0.4, 0.5) is 11.5 Å². The van der Waals surface area contributed by atoms with Crippen LogP contribution in [0.1, 0.15) is 17.5 Å². The van der Waals surface area contributed by atoms with Crippen molar-refractivity contribution in [2.45, 2.75) is 30.8 Å². The van der Waals surface area contributed by atoms with Crippen molar-refractivity contribution < 1.29 is 13.9 Å². The predicted molar refractivity (Wildman–Crippen MR) is 125 cm³/mol. The van der Waals surface area contributed by atoms with Gasteiger partial charge in [0.15, 0.2) is 0 Å². The van der Waals surface area contributed by atoms with E-state index >= 15 is 0 Å². The Morgan fingerprint density at radius 2 is 2.03 bits per heavy atom. The summed E-state index contributed by atoms with van der Waals surface area (Å²) in [5.74, 6) is 0.910. The van der Waals surface area contributed by atoms with Gasteiger partial charge < -0.3 is 15.5 Å². The van der Waals surface area contributed by atoms with Crippen LogP contribution in [0.5, 0.6) is 0 Å². The third kappa shape index (κ3) is 3.87. The Bertz CT molecular complexity index is 1160. The van der Waals surface area contributed by atoms with Crippen molar-refractivity contribution in [3.63, 3.8) is 0 Å². The zero-order chi connectivity index (χ0) is 21.6. The molecule has 31 heavy (non-hydrogen) atoms. The molecule has 2 aliphatic heterocycles. The largest absolute Gasteiger partial charge is 0.351 e. The SMILES string of the molecule is Cc1ccc2nc(N3CCS(O)(O)c4ccccc4C3)cc(NC(=O)C3CCN3)c2c1. The van der Waals surface area contributed by atoms with E-state index < -0.39 is 10.6 Å². The number of nitrogens with one attached hydrogen (secondary N) is 2. The van der Waals surface area contributed by atoms with E-state index in [9.17, 15) is 13.9 Å². The smallest absolute Gasteiger partial charge is 0.241 e. The average molecular weight is 439 g/mol. The molecule has 1 atom stereocenters. The van der Waals surface area contributed by atoms with Gasteiger partial charge in [-0.3, -0.25) is 13.9 Å². The van der Waals surface area contributed by atoms with Gasteiger partial charge in [0.2, 0.25) is 5.91 Å². The summed E-state index contributed by atoms with van der Waals surface area (Å²) in [4.78, 5) is 20.2. The van der Waals surface area contributed by atoms with Gasteiger partial charge >= 0.3 is 0 Å². The first-order valence-electron chi connectivity index (χ1n) is 10.5. The van der Waals surface area contributed by atoms with Gasteiger partial charge in [-0.25, -0.2) is 4.98 Å². The molecule has 0 saturated carbocycles. The number of aryl methyl sites for hydroxylation is 1. The lowest BCUT2D eigenvalue weighted by Crippen LogP contribution is -2.50. The zero-order valence-electron chi connectivity index (χ0n) is 17.3. The number of pyridine rings is 1. The Kier molecular flexibility index (Phi) is 5.10. The summed E-state index contributed by atoms with van der Waals surface area (Å²) in [5.41, 5.74) is 3.50. The fourth-order valence-electron chi connectivity index (χ4n) is 4.10. The molecule has 1 amide bonds. The molecule has 0 spiro atoms. The molecule has 0 aliphatic carbocycles. The molecule has 4 N–H and O–H groups in total. The molecular weight excluding hydrogens is 412 g/mol. The highest BCUT2D eigenvalue weighted by Crippen LogP contribution is 2.51. The summed E-state index contributed by atoms with van der Waals surface area (Å²) < 4.78 is 21.3. The average Bonchev–Trinajstić information content (AvgIpc) is 2.83. The second-order valence-corrected chi connectivity index (χ2v) is 10.4. The van der Waals surface area contributed by atoms with Crippen LogP contribution in [0.15, 0.2) is 53.4 Å². The maximum atomic E-state index is 12.6. The Balaban J connectivity index is 1.55. The molecular formula is C23H26N4O3S. The van der Waals surface area contributed by atoms with Crippen molar-refractivity contribution in [2.24, 2.45) is 0 Å². The Hall–Kier alpha value is -2.65. The molecule has 5 rings (SSSR count). The van der Waals surface area contributed by atoms with Crippen LogP contribution < -0.4 is 15.5 Å². The first-order valence-corrected chi connectivity index (χ1v) is 12.2.